The van der Waals surface area contributed by atoms with Crippen molar-refractivity contribution in [2.45, 2.75) is 59.5 Å². The van der Waals surface area contributed by atoms with Crippen LogP contribution in [0.2, 0.25) is 0 Å². The Balaban J connectivity index is 1.62. The molecule has 0 amide bonds. The summed E-state index contributed by atoms with van der Waals surface area (Å²) in [5.74, 6) is 1.49. The van der Waals surface area contributed by atoms with Gasteiger partial charge in [-0.2, -0.15) is 0 Å². The van der Waals surface area contributed by atoms with E-state index < -0.39 is 0 Å². The number of likely N-dealkylation sites (tertiary alicyclic amines) is 1. The molecule has 0 bridgehead atoms. The average Bonchev–Trinajstić information content (AvgIpc) is 2.70. The molecule has 0 radical (unpaired) electrons. The lowest BCUT2D eigenvalue weighted by Crippen LogP contribution is -2.72. The Kier molecular flexibility index (Phi) is 6.23. The summed E-state index contributed by atoms with van der Waals surface area (Å²) in [7, 11) is 0. The maximum absolute atomic E-state index is 9.31. The molecule has 5 heteroatoms. The van der Waals surface area contributed by atoms with Crippen molar-refractivity contribution in [3.8, 4) is 0 Å². The average molecular weight is 387 g/mol. The van der Waals surface area contributed by atoms with Gasteiger partial charge in [0.25, 0.3) is 0 Å². The van der Waals surface area contributed by atoms with Crippen LogP contribution in [-0.4, -0.2) is 54.3 Å². The van der Waals surface area contributed by atoms with Crippen LogP contribution in [0.4, 0.5) is 5.69 Å². The summed E-state index contributed by atoms with van der Waals surface area (Å²) in [5, 5.41) is 12.8. The molecular weight excluding hydrogens is 348 g/mol. The normalized spacial score (nSPS) is 22.1. The number of guanidine groups is 1. The molecular formula is C23H38N4O. The largest absolute Gasteiger partial charge is 0.396 e. The first-order valence-electron chi connectivity index (χ1n) is 10.8. The van der Waals surface area contributed by atoms with Crippen molar-refractivity contribution in [3.05, 3.63) is 29.8 Å². The Labute approximate surface area is 170 Å². The number of hydrogen-bond donors (Lipinski definition) is 2. The van der Waals surface area contributed by atoms with Crippen LogP contribution in [0.1, 0.15) is 53.0 Å². The monoisotopic (exact) mass is 386 g/mol. The van der Waals surface area contributed by atoms with E-state index in [0.29, 0.717) is 24.5 Å². The van der Waals surface area contributed by atoms with E-state index in [1.807, 2.05) is 0 Å². The van der Waals surface area contributed by atoms with Crippen molar-refractivity contribution in [2.75, 3.05) is 37.7 Å². The van der Waals surface area contributed by atoms with Gasteiger partial charge in [0.1, 0.15) is 0 Å². The number of anilines is 1. The number of piperidine rings is 1. The minimum Gasteiger partial charge on any atom is -0.396 e. The maximum atomic E-state index is 9.31. The summed E-state index contributed by atoms with van der Waals surface area (Å²) in [6, 6.07) is 8.83. The summed E-state index contributed by atoms with van der Waals surface area (Å²) in [5.41, 5.74) is 2.93. The van der Waals surface area contributed by atoms with Crippen LogP contribution in [0.5, 0.6) is 0 Å². The van der Waals surface area contributed by atoms with Crippen molar-refractivity contribution in [2.24, 2.45) is 16.3 Å². The second kappa shape index (κ2) is 8.32. The van der Waals surface area contributed by atoms with Crippen LogP contribution >= 0.6 is 0 Å². The van der Waals surface area contributed by atoms with Crippen molar-refractivity contribution in [3.63, 3.8) is 0 Å². The fourth-order valence-corrected chi connectivity index (χ4v) is 4.15. The first kappa shape index (κ1) is 21.0. The van der Waals surface area contributed by atoms with E-state index in [1.54, 1.807) is 0 Å². The number of nitrogens with zero attached hydrogens (tertiary/aromatic N) is 3. The second-order valence-corrected chi connectivity index (χ2v) is 9.48. The highest BCUT2D eigenvalue weighted by atomic mass is 16.3. The van der Waals surface area contributed by atoms with Crippen molar-refractivity contribution < 1.29 is 5.11 Å². The second-order valence-electron chi connectivity index (χ2n) is 9.48. The van der Waals surface area contributed by atoms with E-state index in [2.05, 4.69) is 74.0 Å². The SMILES string of the molecule is CCNC(=NCc1ccc(N2CCC(CO)CC2)cc1)N1CC(C)(C)C1(C)C. The molecule has 2 saturated heterocycles. The standard InChI is InChI=1S/C23H38N4O/c1-6-24-21(27-17-22(2,3)23(27,4)5)25-15-18-7-9-20(10-8-18)26-13-11-19(16-28)12-14-26/h7-10,19,28H,6,11-17H2,1-5H3,(H,24,25). The third-order valence-electron chi connectivity index (χ3n) is 7.06. The Morgan fingerprint density at radius 1 is 1.14 bits per heavy atom. The van der Waals surface area contributed by atoms with Gasteiger partial charge in [-0.25, -0.2) is 4.99 Å². The molecule has 2 N–H and O–H groups in total. The molecule has 0 aromatic heterocycles. The zero-order chi connectivity index (χ0) is 20.4. The highest BCUT2D eigenvalue weighted by Gasteiger charge is 2.53. The van der Waals surface area contributed by atoms with Gasteiger partial charge in [-0.05, 0) is 57.2 Å². The molecule has 0 unspecified atom stereocenters. The molecule has 2 aliphatic heterocycles. The van der Waals surface area contributed by atoms with E-state index in [1.165, 1.54) is 11.3 Å². The van der Waals surface area contributed by atoms with Crippen LogP contribution in [0.15, 0.2) is 29.3 Å². The third-order valence-corrected chi connectivity index (χ3v) is 7.06. The summed E-state index contributed by atoms with van der Waals surface area (Å²) in [6.45, 7) is 16.4. The zero-order valence-corrected chi connectivity index (χ0v) is 18.3. The first-order chi connectivity index (χ1) is 13.3. The molecule has 28 heavy (non-hydrogen) atoms. The van der Waals surface area contributed by atoms with Gasteiger partial charge >= 0.3 is 0 Å². The Morgan fingerprint density at radius 3 is 2.29 bits per heavy atom. The number of aliphatic imine (C=N–C) groups is 1. The molecule has 1 aromatic rings. The molecule has 3 rings (SSSR count). The van der Waals surface area contributed by atoms with Gasteiger partial charge in [-0.15, -0.1) is 0 Å². The van der Waals surface area contributed by atoms with E-state index >= 15 is 0 Å². The first-order valence-corrected chi connectivity index (χ1v) is 10.8. The lowest BCUT2D eigenvalue weighted by molar-refractivity contribution is -0.0667. The predicted molar refractivity (Wildman–Crippen MR) is 118 cm³/mol. The molecule has 156 valence electrons. The fourth-order valence-electron chi connectivity index (χ4n) is 4.15. The van der Waals surface area contributed by atoms with Crippen LogP contribution in [0.3, 0.4) is 0 Å². The Bertz CT molecular complexity index is 672. The minimum absolute atomic E-state index is 0.110. The summed E-state index contributed by atoms with van der Waals surface area (Å²) in [4.78, 5) is 9.74. The van der Waals surface area contributed by atoms with Gasteiger partial charge in [-0.1, -0.05) is 26.0 Å². The van der Waals surface area contributed by atoms with Crippen LogP contribution in [0, 0.1) is 11.3 Å². The third kappa shape index (κ3) is 4.14. The van der Waals surface area contributed by atoms with Crippen molar-refractivity contribution in [1.29, 1.82) is 0 Å². The van der Waals surface area contributed by atoms with Gasteiger partial charge in [0, 0.05) is 49.4 Å². The molecule has 1 aromatic carbocycles. The van der Waals surface area contributed by atoms with E-state index in [0.717, 1.165) is 45.0 Å². The summed E-state index contributed by atoms with van der Waals surface area (Å²) >= 11 is 0. The smallest absolute Gasteiger partial charge is 0.194 e. The van der Waals surface area contributed by atoms with Crippen molar-refractivity contribution in [1.82, 2.24) is 10.2 Å². The van der Waals surface area contributed by atoms with Gasteiger partial charge < -0.3 is 20.2 Å². The highest BCUT2D eigenvalue weighted by Crippen LogP contribution is 2.46. The molecule has 2 heterocycles. The highest BCUT2D eigenvalue weighted by molar-refractivity contribution is 5.82. The van der Waals surface area contributed by atoms with Gasteiger partial charge in [-0.3, -0.25) is 0 Å². The van der Waals surface area contributed by atoms with Gasteiger partial charge in [0.2, 0.25) is 0 Å². The number of aliphatic hydroxyl groups excluding tert-OH is 1. The quantitative estimate of drug-likeness (QED) is 0.601. The zero-order valence-electron chi connectivity index (χ0n) is 18.3. The molecule has 2 aliphatic rings. The Hall–Kier alpha value is -1.75. The Morgan fingerprint density at radius 2 is 1.79 bits per heavy atom. The molecule has 0 saturated carbocycles. The van der Waals surface area contributed by atoms with Crippen molar-refractivity contribution >= 4 is 11.6 Å². The number of hydrogen-bond acceptors (Lipinski definition) is 3. The van der Waals surface area contributed by atoms with Gasteiger partial charge in [0.05, 0.1) is 6.54 Å². The number of nitrogens with one attached hydrogen (secondary N) is 1. The number of benzene rings is 1. The summed E-state index contributed by atoms with van der Waals surface area (Å²) < 4.78 is 0. The van der Waals surface area contributed by atoms with E-state index in [9.17, 15) is 5.11 Å². The fraction of sp³-hybridized carbons (Fsp3) is 0.696. The lowest BCUT2D eigenvalue weighted by atomic mass is 9.65. The van der Waals surface area contributed by atoms with E-state index in [-0.39, 0.29) is 5.54 Å². The van der Waals surface area contributed by atoms with Crippen LogP contribution < -0.4 is 10.2 Å². The molecule has 0 aliphatic carbocycles. The number of rotatable bonds is 5. The topological polar surface area (TPSA) is 51.1 Å². The predicted octanol–water partition coefficient (Wildman–Crippen LogP) is 3.48. The van der Waals surface area contributed by atoms with Crippen LogP contribution in [-0.2, 0) is 6.54 Å². The lowest BCUT2D eigenvalue weighted by Gasteiger charge is -2.62. The summed E-state index contributed by atoms with van der Waals surface area (Å²) in [6.07, 6.45) is 2.16. The van der Waals surface area contributed by atoms with E-state index in [4.69, 9.17) is 4.99 Å². The molecule has 0 atom stereocenters. The number of aliphatic hydroxyl groups is 1. The van der Waals surface area contributed by atoms with Gasteiger partial charge in [0.15, 0.2) is 5.96 Å². The maximum Gasteiger partial charge on any atom is 0.194 e. The van der Waals surface area contributed by atoms with Crippen LogP contribution in [0.25, 0.3) is 0 Å². The minimum atomic E-state index is 0.110. The molecule has 2 fully saturated rings. The molecule has 0 spiro atoms. The molecule has 5 nitrogen and oxygen atoms in total.